The van der Waals surface area contributed by atoms with Crippen LogP contribution in [0.1, 0.15) is 10.5 Å². The van der Waals surface area contributed by atoms with Crippen LogP contribution >= 0.6 is 0 Å². The van der Waals surface area contributed by atoms with E-state index < -0.39 is 0 Å². The molecule has 3 aromatic rings. The zero-order valence-electron chi connectivity index (χ0n) is 8.62. The average molecular weight is 216 g/mol. The largest absolute Gasteiger partial charge is 0.341 e. The highest BCUT2D eigenvalue weighted by Crippen LogP contribution is 2.27. The Kier molecular flexibility index (Phi) is 1.68. The number of aryl methyl sites for hydroxylation is 1. The van der Waals surface area contributed by atoms with E-state index in [9.17, 15) is 9.18 Å². The number of H-pyrrole nitrogens is 1. The number of aromatic nitrogens is 2. The fourth-order valence-electron chi connectivity index (χ4n) is 2.07. The Morgan fingerprint density at radius 3 is 2.88 bits per heavy atom. The number of fused-ring (bicyclic) bond motifs is 3. The summed E-state index contributed by atoms with van der Waals surface area (Å²) in [7, 11) is 1.80. The molecule has 0 atom stereocenters. The summed E-state index contributed by atoms with van der Waals surface area (Å²) in [5.41, 5.74) is 2.29. The molecule has 0 bridgehead atoms. The van der Waals surface area contributed by atoms with E-state index in [1.165, 1.54) is 12.1 Å². The van der Waals surface area contributed by atoms with Crippen LogP contribution in [0.25, 0.3) is 21.9 Å². The van der Waals surface area contributed by atoms with Crippen molar-refractivity contribution in [2.24, 2.45) is 7.05 Å². The number of nitrogens with one attached hydrogen (secondary N) is 1. The standard InChI is InChI=1S/C12H9FN2O/c1-15-8(6-16)5-10-9-4-7(13)2-3-11(9)14-12(10)15/h2-6,14H,1H3. The summed E-state index contributed by atoms with van der Waals surface area (Å²) in [6.07, 6.45) is 0.791. The van der Waals surface area contributed by atoms with Gasteiger partial charge in [-0.1, -0.05) is 0 Å². The number of hydrogen-bond donors (Lipinski definition) is 1. The van der Waals surface area contributed by atoms with Crippen molar-refractivity contribution in [1.82, 2.24) is 9.55 Å². The van der Waals surface area contributed by atoms with Crippen molar-refractivity contribution in [2.45, 2.75) is 0 Å². The molecule has 80 valence electrons. The molecule has 0 aliphatic heterocycles. The molecule has 0 aliphatic rings. The molecule has 1 aromatic carbocycles. The smallest absolute Gasteiger partial charge is 0.166 e. The molecule has 0 saturated carbocycles. The third-order valence-corrected chi connectivity index (χ3v) is 2.92. The number of benzene rings is 1. The van der Waals surface area contributed by atoms with Gasteiger partial charge in [-0.15, -0.1) is 0 Å². The molecule has 0 saturated heterocycles. The lowest BCUT2D eigenvalue weighted by Gasteiger charge is -1.94. The van der Waals surface area contributed by atoms with Crippen LogP contribution in [0.2, 0.25) is 0 Å². The fraction of sp³-hybridized carbons (Fsp3) is 0.0833. The van der Waals surface area contributed by atoms with E-state index in [1.54, 1.807) is 23.7 Å². The van der Waals surface area contributed by atoms with Crippen LogP contribution in [0, 0.1) is 5.82 Å². The van der Waals surface area contributed by atoms with E-state index in [0.29, 0.717) is 5.69 Å². The molecule has 3 rings (SSSR count). The molecule has 0 spiro atoms. The van der Waals surface area contributed by atoms with Gasteiger partial charge in [-0.25, -0.2) is 4.39 Å². The Morgan fingerprint density at radius 2 is 2.12 bits per heavy atom. The summed E-state index contributed by atoms with van der Waals surface area (Å²) in [6, 6.07) is 6.35. The van der Waals surface area contributed by atoms with Gasteiger partial charge < -0.3 is 9.55 Å². The van der Waals surface area contributed by atoms with Crippen LogP contribution in [0.4, 0.5) is 4.39 Å². The molecule has 0 amide bonds. The molecule has 2 aromatic heterocycles. The first-order valence-corrected chi connectivity index (χ1v) is 4.92. The highest BCUT2D eigenvalue weighted by molar-refractivity contribution is 6.08. The van der Waals surface area contributed by atoms with Crippen molar-refractivity contribution in [1.29, 1.82) is 0 Å². The summed E-state index contributed by atoms with van der Waals surface area (Å²) in [5, 5.41) is 1.68. The van der Waals surface area contributed by atoms with E-state index in [2.05, 4.69) is 4.98 Å². The molecular formula is C12H9FN2O. The number of aromatic amines is 1. The molecule has 1 N–H and O–H groups in total. The van der Waals surface area contributed by atoms with Gasteiger partial charge in [-0.05, 0) is 24.3 Å². The van der Waals surface area contributed by atoms with Crippen LogP contribution < -0.4 is 0 Å². The summed E-state index contributed by atoms with van der Waals surface area (Å²) in [4.78, 5) is 14.0. The normalized spacial score (nSPS) is 11.4. The van der Waals surface area contributed by atoms with Gasteiger partial charge in [0, 0.05) is 23.3 Å². The summed E-state index contributed by atoms with van der Waals surface area (Å²) in [5.74, 6) is -0.273. The number of aldehydes is 1. The third kappa shape index (κ3) is 1.04. The lowest BCUT2D eigenvalue weighted by Crippen LogP contribution is -1.93. The van der Waals surface area contributed by atoms with E-state index in [-0.39, 0.29) is 5.82 Å². The Hall–Kier alpha value is -2.10. The van der Waals surface area contributed by atoms with Crippen molar-refractivity contribution in [2.75, 3.05) is 0 Å². The zero-order chi connectivity index (χ0) is 11.3. The van der Waals surface area contributed by atoms with E-state index in [4.69, 9.17) is 0 Å². The first-order valence-electron chi connectivity index (χ1n) is 4.92. The van der Waals surface area contributed by atoms with Crippen molar-refractivity contribution >= 4 is 28.2 Å². The number of nitrogens with zero attached hydrogens (tertiary/aromatic N) is 1. The van der Waals surface area contributed by atoms with Crippen LogP contribution in [0.15, 0.2) is 24.3 Å². The first kappa shape index (κ1) is 9.15. The lowest BCUT2D eigenvalue weighted by molar-refractivity contribution is 0.111. The SMILES string of the molecule is Cn1c(C=O)cc2c3cc(F)ccc3[nH]c21. The van der Waals surface area contributed by atoms with Gasteiger partial charge in [0.15, 0.2) is 6.29 Å². The van der Waals surface area contributed by atoms with Gasteiger partial charge in [0.2, 0.25) is 0 Å². The molecule has 4 heteroatoms. The van der Waals surface area contributed by atoms with Gasteiger partial charge in [0.05, 0.1) is 5.69 Å². The molecule has 3 nitrogen and oxygen atoms in total. The van der Waals surface area contributed by atoms with Crippen LogP contribution in [-0.4, -0.2) is 15.8 Å². The summed E-state index contributed by atoms with van der Waals surface area (Å²) >= 11 is 0. The third-order valence-electron chi connectivity index (χ3n) is 2.92. The Morgan fingerprint density at radius 1 is 1.31 bits per heavy atom. The van der Waals surface area contributed by atoms with Crippen LogP contribution in [-0.2, 0) is 7.05 Å². The maximum Gasteiger partial charge on any atom is 0.166 e. The maximum absolute atomic E-state index is 13.1. The topological polar surface area (TPSA) is 37.8 Å². The predicted molar refractivity (Wildman–Crippen MR) is 60.1 cm³/mol. The monoisotopic (exact) mass is 216 g/mol. The minimum Gasteiger partial charge on any atom is -0.341 e. The van der Waals surface area contributed by atoms with E-state index in [1.807, 2.05) is 0 Å². The van der Waals surface area contributed by atoms with Crippen molar-refractivity contribution in [3.05, 3.63) is 35.8 Å². The zero-order valence-corrected chi connectivity index (χ0v) is 8.62. The number of carbonyl (C=O) groups excluding carboxylic acids is 1. The van der Waals surface area contributed by atoms with E-state index in [0.717, 1.165) is 28.2 Å². The molecule has 0 radical (unpaired) electrons. The second-order valence-corrected chi connectivity index (χ2v) is 3.82. The molecular weight excluding hydrogens is 207 g/mol. The highest BCUT2D eigenvalue weighted by Gasteiger charge is 2.11. The summed E-state index contributed by atoms with van der Waals surface area (Å²) < 4.78 is 14.9. The van der Waals surface area contributed by atoms with Gasteiger partial charge in [0.1, 0.15) is 11.5 Å². The average Bonchev–Trinajstić information content (AvgIpc) is 2.77. The van der Waals surface area contributed by atoms with E-state index >= 15 is 0 Å². The number of carbonyl (C=O) groups is 1. The Balaban J connectivity index is 2.51. The molecule has 2 heterocycles. The minimum absolute atomic E-state index is 0.273. The second-order valence-electron chi connectivity index (χ2n) is 3.82. The number of halogens is 1. The maximum atomic E-state index is 13.1. The van der Waals surface area contributed by atoms with Crippen LogP contribution in [0.3, 0.4) is 0 Å². The molecule has 16 heavy (non-hydrogen) atoms. The molecule has 0 unspecified atom stereocenters. The Labute approximate surface area is 90.5 Å². The van der Waals surface area contributed by atoms with Gasteiger partial charge in [-0.2, -0.15) is 0 Å². The number of hydrogen-bond acceptors (Lipinski definition) is 1. The first-order chi connectivity index (χ1) is 7.70. The van der Waals surface area contributed by atoms with Crippen molar-refractivity contribution in [3.63, 3.8) is 0 Å². The van der Waals surface area contributed by atoms with Crippen LogP contribution in [0.5, 0.6) is 0 Å². The van der Waals surface area contributed by atoms with Crippen molar-refractivity contribution in [3.8, 4) is 0 Å². The Bertz CT molecular complexity index is 709. The van der Waals surface area contributed by atoms with Gasteiger partial charge in [-0.3, -0.25) is 4.79 Å². The molecule has 0 fully saturated rings. The highest BCUT2D eigenvalue weighted by atomic mass is 19.1. The van der Waals surface area contributed by atoms with Gasteiger partial charge >= 0.3 is 0 Å². The minimum atomic E-state index is -0.273. The fourth-order valence-corrected chi connectivity index (χ4v) is 2.07. The second kappa shape index (κ2) is 2.95. The number of rotatable bonds is 1. The van der Waals surface area contributed by atoms with Gasteiger partial charge in [0.25, 0.3) is 0 Å². The lowest BCUT2D eigenvalue weighted by atomic mass is 10.2. The predicted octanol–water partition coefficient (Wildman–Crippen LogP) is 2.61. The summed E-state index contributed by atoms with van der Waals surface area (Å²) in [6.45, 7) is 0. The quantitative estimate of drug-likeness (QED) is 0.624. The molecule has 0 aliphatic carbocycles. The van der Waals surface area contributed by atoms with Crippen molar-refractivity contribution < 1.29 is 9.18 Å².